The maximum Gasteiger partial charge on any atom is 0.343 e. The van der Waals surface area contributed by atoms with Crippen molar-refractivity contribution in [3.63, 3.8) is 0 Å². The molecule has 226 valence electrons. The lowest BCUT2D eigenvalue weighted by Crippen LogP contribution is -2.25. The van der Waals surface area contributed by atoms with Gasteiger partial charge in [-0.05, 0) is 111 Å². The lowest BCUT2D eigenvalue weighted by Gasteiger charge is -2.38. The molecule has 0 bridgehead atoms. The Hall–Kier alpha value is -2.29. The molecule has 2 aliphatic rings. The largest absolute Gasteiger partial charge is 0.494 e. The van der Waals surface area contributed by atoms with E-state index in [1.165, 1.54) is 115 Å². The third-order valence-corrected chi connectivity index (χ3v) is 9.95. The molecule has 2 fully saturated rings. The highest BCUT2D eigenvalue weighted by atomic mass is 16.5. The highest BCUT2D eigenvalue weighted by Gasteiger charge is 2.31. The van der Waals surface area contributed by atoms with E-state index < -0.39 is 0 Å². The fourth-order valence-electron chi connectivity index (χ4n) is 7.37. The first-order valence-electron chi connectivity index (χ1n) is 17.2. The molecule has 0 radical (unpaired) electrons. The average Bonchev–Trinajstić information content (AvgIpc) is 3.02. The van der Waals surface area contributed by atoms with Crippen molar-refractivity contribution in [2.24, 2.45) is 17.8 Å². The first-order chi connectivity index (χ1) is 20.2. The molecule has 0 aromatic heterocycles. The molecule has 2 saturated carbocycles. The number of carbonyl (C=O) groups is 1. The van der Waals surface area contributed by atoms with Crippen LogP contribution in [0.4, 0.5) is 0 Å². The second kappa shape index (κ2) is 17.6. The molecule has 0 spiro atoms. The molecule has 0 N–H and O–H groups in total. The summed E-state index contributed by atoms with van der Waals surface area (Å²) in [5, 5.41) is 0. The molecular formula is C38H56O3. The molecule has 0 heterocycles. The van der Waals surface area contributed by atoms with Gasteiger partial charge in [0.25, 0.3) is 0 Å². The average molecular weight is 561 g/mol. The zero-order valence-electron chi connectivity index (χ0n) is 26.1. The monoisotopic (exact) mass is 560 g/mol. The van der Waals surface area contributed by atoms with Crippen LogP contribution in [0.1, 0.15) is 151 Å². The smallest absolute Gasteiger partial charge is 0.343 e. The summed E-state index contributed by atoms with van der Waals surface area (Å²) in [6.45, 7) is 5.33. The third kappa shape index (κ3) is 10.5. The van der Waals surface area contributed by atoms with Crippen LogP contribution < -0.4 is 9.47 Å². The Bertz CT molecular complexity index is 979. The van der Waals surface area contributed by atoms with E-state index in [9.17, 15) is 4.79 Å². The van der Waals surface area contributed by atoms with Gasteiger partial charge in [0.2, 0.25) is 0 Å². The highest BCUT2D eigenvalue weighted by molar-refractivity contribution is 5.91. The lowest BCUT2D eigenvalue weighted by molar-refractivity contribution is 0.0734. The minimum atomic E-state index is -0.300. The van der Waals surface area contributed by atoms with Crippen molar-refractivity contribution in [3.05, 3.63) is 59.7 Å². The van der Waals surface area contributed by atoms with Gasteiger partial charge in [0.15, 0.2) is 0 Å². The number of ether oxygens (including phenoxy) is 2. The van der Waals surface area contributed by atoms with Crippen LogP contribution in [0.2, 0.25) is 0 Å². The van der Waals surface area contributed by atoms with Gasteiger partial charge in [-0.2, -0.15) is 0 Å². The number of rotatable bonds is 16. The summed E-state index contributed by atoms with van der Waals surface area (Å²) in [5.74, 6) is 4.62. The Morgan fingerprint density at radius 1 is 0.634 bits per heavy atom. The zero-order valence-corrected chi connectivity index (χ0v) is 26.1. The molecule has 2 aromatic carbocycles. The van der Waals surface area contributed by atoms with Gasteiger partial charge in [-0.1, -0.05) is 96.6 Å². The van der Waals surface area contributed by atoms with E-state index in [2.05, 4.69) is 26.0 Å². The van der Waals surface area contributed by atoms with Crippen molar-refractivity contribution >= 4 is 5.97 Å². The van der Waals surface area contributed by atoms with Crippen LogP contribution in [0.25, 0.3) is 0 Å². The Morgan fingerprint density at radius 2 is 1.20 bits per heavy atom. The van der Waals surface area contributed by atoms with E-state index in [1.54, 1.807) is 0 Å². The van der Waals surface area contributed by atoms with E-state index in [0.29, 0.717) is 17.2 Å². The standard InChI is InChI=1S/C38H56O3/c1-3-5-6-7-8-9-10-11-29-40-36-25-27-37(28-26-36)41-38(39)35-23-21-34(22-24-35)33-19-17-32(18-20-33)31-15-13-30(12-4-2)14-16-31/h21-28,30-33H,3-20,29H2,1-2H3. The summed E-state index contributed by atoms with van der Waals surface area (Å²) in [4.78, 5) is 12.8. The summed E-state index contributed by atoms with van der Waals surface area (Å²) < 4.78 is 11.5. The summed E-state index contributed by atoms with van der Waals surface area (Å²) in [7, 11) is 0. The number of hydrogen-bond acceptors (Lipinski definition) is 3. The van der Waals surface area contributed by atoms with E-state index in [1.807, 2.05) is 36.4 Å². The van der Waals surface area contributed by atoms with Crippen molar-refractivity contribution in [3.8, 4) is 11.5 Å². The molecule has 4 rings (SSSR count). The molecule has 0 aliphatic heterocycles. The Kier molecular flexibility index (Phi) is 13.6. The molecule has 2 aromatic rings. The summed E-state index contributed by atoms with van der Waals surface area (Å²) in [6.07, 6.45) is 24.3. The van der Waals surface area contributed by atoms with Crippen LogP contribution in [0, 0.1) is 17.8 Å². The molecule has 0 atom stereocenters. The molecule has 2 aliphatic carbocycles. The van der Waals surface area contributed by atoms with E-state index >= 15 is 0 Å². The van der Waals surface area contributed by atoms with E-state index in [0.717, 1.165) is 36.5 Å². The second-order valence-corrected chi connectivity index (χ2v) is 13.0. The van der Waals surface area contributed by atoms with Crippen LogP contribution in [0.5, 0.6) is 11.5 Å². The quantitative estimate of drug-likeness (QED) is 0.116. The number of benzene rings is 2. The predicted octanol–water partition coefficient (Wildman–Crippen LogP) is 11.3. The predicted molar refractivity (Wildman–Crippen MR) is 171 cm³/mol. The van der Waals surface area contributed by atoms with Crippen molar-refractivity contribution < 1.29 is 14.3 Å². The summed E-state index contributed by atoms with van der Waals surface area (Å²) >= 11 is 0. The SMILES string of the molecule is CCCCCCCCCCOc1ccc(OC(=O)c2ccc(C3CCC(C4CCC(CCC)CC4)CC3)cc2)cc1. The molecule has 0 saturated heterocycles. The highest BCUT2D eigenvalue weighted by Crippen LogP contribution is 2.44. The number of esters is 1. The van der Waals surface area contributed by atoms with Crippen molar-refractivity contribution in [1.82, 2.24) is 0 Å². The van der Waals surface area contributed by atoms with Gasteiger partial charge in [0, 0.05) is 0 Å². The first kappa shape index (κ1) is 31.6. The van der Waals surface area contributed by atoms with E-state index in [4.69, 9.17) is 9.47 Å². The van der Waals surface area contributed by atoms with Crippen LogP contribution in [-0.4, -0.2) is 12.6 Å². The Labute approximate surface area is 250 Å². The van der Waals surface area contributed by atoms with Gasteiger partial charge < -0.3 is 9.47 Å². The fraction of sp³-hybridized carbons (Fsp3) is 0.658. The summed E-state index contributed by atoms with van der Waals surface area (Å²) in [5.41, 5.74) is 1.99. The van der Waals surface area contributed by atoms with Crippen LogP contribution in [-0.2, 0) is 0 Å². The topological polar surface area (TPSA) is 35.5 Å². The van der Waals surface area contributed by atoms with Crippen LogP contribution >= 0.6 is 0 Å². The van der Waals surface area contributed by atoms with Crippen molar-refractivity contribution in [2.45, 2.75) is 135 Å². The van der Waals surface area contributed by atoms with E-state index in [-0.39, 0.29) is 5.97 Å². The number of unbranched alkanes of at least 4 members (excludes halogenated alkanes) is 7. The minimum Gasteiger partial charge on any atom is -0.494 e. The molecule has 3 heteroatoms. The lowest BCUT2D eigenvalue weighted by atomic mass is 9.68. The van der Waals surface area contributed by atoms with Gasteiger partial charge in [-0.3, -0.25) is 0 Å². The van der Waals surface area contributed by atoms with Crippen LogP contribution in [0.15, 0.2) is 48.5 Å². The summed E-state index contributed by atoms with van der Waals surface area (Å²) in [6, 6.07) is 15.6. The van der Waals surface area contributed by atoms with Gasteiger partial charge in [0.1, 0.15) is 11.5 Å². The van der Waals surface area contributed by atoms with Gasteiger partial charge in [0.05, 0.1) is 12.2 Å². The van der Waals surface area contributed by atoms with Crippen LogP contribution in [0.3, 0.4) is 0 Å². The number of carbonyl (C=O) groups excluding carboxylic acids is 1. The molecular weight excluding hydrogens is 504 g/mol. The fourth-order valence-corrected chi connectivity index (χ4v) is 7.37. The maximum absolute atomic E-state index is 12.8. The van der Waals surface area contributed by atoms with Gasteiger partial charge in [-0.15, -0.1) is 0 Å². The van der Waals surface area contributed by atoms with Crippen molar-refractivity contribution in [1.29, 1.82) is 0 Å². The number of hydrogen-bond donors (Lipinski definition) is 0. The van der Waals surface area contributed by atoms with Crippen molar-refractivity contribution in [2.75, 3.05) is 6.61 Å². The molecule has 0 unspecified atom stereocenters. The normalized spacial score (nSPS) is 22.8. The second-order valence-electron chi connectivity index (χ2n) is 13.0. The minimum absolute atomic E-state index is 0.300. The third-order valence-electron chi connectivity index (χ3n) is 9.95. The molecule has 3 nitrogen and oxygen atoms in total. The molecule has 0 amide bonds. The van der Waals surface area contributed by atoms with Gasteiger partial charge in [-0.25, -0.2) is 4.79 Å². The maximum atomic E-state index is 12.8. The first-order valence-corrected chi connectivity index (χ1v) is 17.2. The molecule has 41 heavy (non-hydrogen) atoms. The zero-order chi connectivity index (χ0) is 28.7. The van der Waals surface area contributed by atoms with Gasteiger partial charge >= 0.3 is 5.97 Å². The Morgan fingerprint density at radius 3 is 1.80 bits per heavy atom. The Balaban J connectivity index is 1.13.